The molecule has 0 aliphatic carbocycles. The summed E-state index contributed by atoms with van der Waals surface area (Å²) >= 11 is 11.9. The summed E-state index contributed by atoms with van der Waals surface area (Å²) in [5, 5.41) is 12.7. The maximum Gasteiger partial charge on any atom is 0.410 e. The Balaban J connectivity index is 1.97. The first-order valence-corrected chi connectivity index (χ1v) is 9.45. The predicted octanol–water partition coefficient (Wildman–Crippen LogP) is 3.89. The van der Waals surface area contributed by atoms with E-state index in [1.807, 2.05) is 31.7 Å². The second kappa shape index (κ2) is 9.18. The van der Waals surface area contributed by atoms with Gasteiger partial charge in [0.25, 0.3) is 5.91 Å². The molecular formula is C19H22Cl2N4O3. The number of nitrogens with zero attached hydrogens (tertiary/aromatic N) is 3. The lowest BCUT2D eigenvalue weighted by Crippen LogP contribution is -2.48. The van der Waals surface area contributed by atoms with E-state index in [9.17, 15) is 14.9 Å². The van der Waals surface area contributed by atoms with Gasteiger partial charge in [0, 0.05) is 37.4 Å². The minimum atomic E-state index is -0.568. The molecule has 1 fully saturated rings. The van der Waals surface area contributed by atoms with E-state index in [2.05, 4.69) is 5.32 Å². The zero-order valence-corrected chi connectivity index (χ0v) is 17.5. The van der Waals surface area contributed by atoms with E-state index in [0.29, 0.717) is 36.9 Å². The molecule has 0 aromatic heterocycles. The largest absolute Gasteiger partial charge is 0.444 e. The molecule has 1 aromatic rings. The van der Waals surface area contributed by atoms with E-state index in [4.69, 9.17) is 27.9 Å². The fourth-order valence-corrected chi connectivity index (χ4v) is 2.92. The fourth-order valence-electron chi connectivity index (χ4n) is 2.46. The smallest absolute Gasteiger partial charge is 0.410 e. The number of hydrogen-bond acceptors (Lipinski definition) is 5. The summed E-state index contributed by atoms with van der Waals surface area (Å²) in [6.07, 6.45) is 1.12. The Hall–Kier alpha value is -2.43. The molecule has 0 saturated carbocycles. The number of ether oxygens (including phenoxy) is 1. The third-order valence-electron chi connectivity index (χ3n) is 3.82. The van der Waals surface area contributed by atoms with Crippen LogP contribution in [0.1, 0.15) is 20.8 Å². The topological polar surface area (TPSA) is 85.7 Å². The number of carbonyl (C=O) groups excluding carboxylic acids is 2. The van der Waals surface area contributed by atoms with Gasteiger partial charge in [0.1, 0.15) is 17.2 Å². The number of nitriles is 1. The van der Waals surface area contributed by atoms with Gasteiger partial charge in [-0.1, -0.05) is 23.2 Å². The summed E-state index contributed by atoms with van der Waals surface area (Å²) in [4.78, 5) is 27.9. The molecule has 1 aliphatic rings. The molecule has 0 radical (unpaired) electrons. The third kappa shape index (κ3) is 6.32. The van der Waals surface area contributed by atoms with Gasteiger partial charge >= 0.3 is 6.09 Å². The quantitative estimate of drug-likeness (QED) is 0.587. The number of rotatable bonds is 3. The summed E-state index contributed by atoms with van der Waals surface area (Å²) < 4.78 is 5.35. The van der Waals surface area contributed by atoms with Crippen LogP contribution in [0.15, 0.2) is 30.0 Å². The second-order valence-electron chi connectivity index (χ2n) is 7.24. The van der Waals surface area contributed by atoms with Gasteiger partial charge in [-0.05, 0) is 39.0 Å². The van der Waals surface area contributed by atoms with Crippen molar-refractivity contribution in [1.29, 1.82) is 5.26 Å². The Labute approximate surface area is 174 Å². The molecule has 2 rings (SSSR count). The van der Waals surface area contributed by atoms with Gasteiger partial charge in [-0.2, -0.15) is 5.26 Å². The first kappa shape index (κ1) is 21.9. The highest BCUT2D eigenvalue weighted by Gasteiger charge is 2.25. The van der Waals surface area contributed by atoms with Crippen LogP contribution in [-0.2, 0) is 9.53 Å². The Morgan fingerprint density at radius 2 is 1.86 bits per heavy atom. The van der Waals surface area contributed by atoms with Crippen molar-refractivity contribution >= 4 is 40.9 Å². The predicted molar refractivity (Wildman–Crippen MR) is 108 cm³/mol. The number of halogens is 2. The average Bonchev–Trinajstić information content (AvgIpc) is 2.61. The lowest BCUT2D eigenvalue weighted by Gasteiger charge is -2.35. The molecule has 7 nitrogen and oxygen atoms in total. The summed E-state index contributed by atoms with van der Waals surface area (Å²) in [6, 6.07) is 6.56. The van der Waals surface area contributed by atoms with Crippen LogP contribution in [0.2, 0.25) is 10.0 Å². The summed E-state index contributed by atoms with van der Waals surface area (Å²) in [5.74, 6) is -0.568. The van der Waals surface area contributed by atoms with Crippen LogP contribution in [0.4, 0.5) is 10.5 Å². The van der Waals surface area contributed by atoms with Gasteiger partial charge in [-0.15, -0.1) is 0 Å². The lowest BCUT2D eigenvalue weighted by atomic mass is 10.2. The van der Waals surface area contributed by atoms with Crippen molar-refractivity contribution in [3.8, 4) is 6.07 Å². The SMILES string of the molecule is CC(C)(C)OC(=O)N1CCN(/C=C(/C#N)C(=O)Nc2ccc(Cl)cc2Cl)CC1. The third-order valence-corrected chi connectivity index (χ3v) is 4.37. The van der Waals surface area contributed by atoms with E-state index in [1.54, 1.807) is 17.0 Å². The molecule has 0 atom stereocenters. The highest BCUT2D eigenvalue weighted by atomic mass is 35.5. The fraction of sp³-hybridized carbons (Fsp3) is 0.421. The first-order valence-electron chi connectivity index (χ1n) is 8.69. The van der Waals surface area contributed by atoms with Crippen molar-refractivity contribution in [3.05, 3.63) is 40.0 Å². The standard InChI is InChI=1S/C19H22Cl2N4O3/c1-19(2,3)28-18(27)25-8-6-24(7-9-25)12-13(11-22)17(26)23-16-5-4-14(20)10-15(16)21/h4-5,10,12H,6-9H2,1-3H3,(H,23,26)/b13-12-. The summed E-state index contributed by atoms with van der Waals surface area (Å²) in [6.45, 7) is 7.29. The number of carbonyl (C=O) groups is 2. The average molecular weight is 425 g/mol. The number of amides is 2. The number of nitrogens with one attached hydrogen (secondary N) is 1. The number of benzene rings is 1. The number of piperazine rings is 1. The van der Waals surface area contributed by atoms with Crippen molar-refractivity contribution < 1.29 is 14.3 Å². The van der Waals surface area contributed by atoms with Gasteiger partial charge in [0.2, 0.25) is 0 Å². The molecule has 1 heterocycles. The molecule has 1 aromatic carbocycles. The molecule has 0 unspecified atom stereocenters. The van der Waals surface area contributed by atoms with Crippen molar-refractivity contribution in [1.82, 2.24) is 9.80 Å². The van der Waals surface area contributed by atoms with Crippen LogP contribution < -0.4 is 5.32 Å². The highest BCUT2D eigenvalue weighted by molar-refractivity contribution is 6.36. The van der Waals surface area contributed by atoms with Crippen molar-refractivity contribution in [2.75, 3.05) is 31.5 Å². The lowest BCUT2D eigenvalue weighted by molar-refractivity contribution is -0.112. The Morgan fingerprint density at radius 3 is 2.39 bits per heavy atom. The van der Waals surface area contributed by atoms with Gasteiger partial charge in [0.05, 0.1) is 10.7 Å². The zero-order valence-electron chi connectivity index (χ0n) is 16.0. The van der Waals surface area contributed by atoms with E-state index in [0.717, 1.165) is 0 Å². The molecular weight excluding hydrogens is 403 g/mol. The molecule has 9 heteroatoms. The van der Waals surface area contributed by atoms with Crippen LogP contribution in [0, 0.1) is 11.3 Å². The molecule has 0 spiro atoms. The maximum atomic E-state index is 12.4. The normalized spacial score (nSPS) is 15.1. The van der Waals surface area contributed by atoms with Gasteiger partial charge in [-0.3, -0.25) is 4.79 Å². The van der Waals surface area contributed by atoms with Gasteiger partial charge < -0.3 is 19.9 Å². The molecule has 1 aliphatic heterocycles. The minimum Gasteiger partial charge on any atom is -0.444 e. The van der Waals surface area contributed by atoms with Crippen LogP contribution in [0.3, 0.4) is 0 Å². The minimum absolute atomic E-state index is 0.0586. The van der Waals surface area contributed by atoms with E-state index >= 15 is 0 Å². The summed E-state index contributed by atoms with van der Waals surface area (Å²) in [5.41, 5.74) is -0.243. The molecule has 1 N–H and O–H groups in total. The van der Waals surface area contributed by atoms with Crippen molar-refractivity contribution in [2.45, 2.75) is 26.4 Å². The van der Waals surface area contributed by atoms with Crippen LogP contribution in [0.25, 0.3) is 0 Å². The zero-order chi connectivity index (χ0) is 20.9. The summed E-state index contributed by atoms with van der Waals surface area (Å²) in [7, 11) is 0. The molecule has 28 heavy (non-hydrogen) atoms. The van der Waals surface area contributed by atoms with Crippen molar-refractivity contribution in [2.24, 2.45) is 0 Å². The molecule has 150 valence electrons. The van der Waals surface area contributed by atoms with Crippen LogP contribution >= 0.6 is 23.2 Å². The first-order chi connectivity index (χ1) is 13.1. The Kier molecular flexibility index (Phi) is 7.17. The molecule has 2 amide bonds. The van der Waals surface area contributed by atoms with E-state index < -0.39 is 11.5 Å². The highest BCUT2D eigenvalue weighted by Crippen LogP contribution is 2.25. The number of anilines is 1. The van der Waals surface area contributed by atoms with Gasteiger partial charge in [-0.25, -0.2) is 4.79 Å². The van der Waals surface area contributed by atoms with E-state index in [-0.39, 0.29) is 16.7 Å². The molecule has 0 bridgehead atoms. The number of hydrogen-bond donors (Lipinski definition) is 1. The monoisotopic (exact) mass is 424 g/mol. The van der Waals surface area contributed by atoms with Gasteiger partial charge in [0.15, 0.2) is 0 Å². The van der Waals surface area contributed by atoms with E-state index in [1.165, 1.54) is 12.3 Å². The Bertz CT molecular complexity index is 819. The maximum absolute atomic E-state index is 12.4. The van der Waals surface area contributed by atoms with Crippen molar-refractivity contribution in [3.63, 3.8) is 0 Å². The second-order valence-corrected chi connectivity index (χ2v) is 8.08. The van der Waals surface area contributed by atoms with Crippen LogP contribution in [0.5, 0.6) is 0 Å². The molecule has 1 saturated heterocycles. The Morgan fingerprint density at radius 1 is 1.21 bits per heavy atom. The van der Waals surface area contributed by atoms with Crippen LogP contribution in [-0.4, -0.2) is 53.6 Å².